The van der Waals surface area contributed by atoms with Crippen LogP contribution < -0.4 is 10.6 Å². The molecule has 0 radical (unpaired) electrons. The zero-order chi connectivity index (χ0) is 16.3. The normalized spacial score (nSPS) is 21.0. The van der Waals surface area contributed by atoms with Crippen LogP contribution in [-0.4, -0.2) is 39.2 Å². The first-order chi connectivity index (χ1) is 11.0. The molecule has 1 saturated heterocycles. The Hall–Kier alpha value is -1.40. The molecular weight excluding hydrogens is 312 g/mol. The quantitative estimate of drug-likeness (QED) is 0.847. The highest BCUT2D eigenvalue weighted by atomic mass is 32.2. The van der Waals surface area contributed by atoms with Gasteiger partial charge in [-0.2, -0.15) is 0 Å². The number of aryl methyl sites for hydroxylation is 2. The van der Waals surface area contributed by atoms with Crippen molar-refractivity contribution in [2.45, 2.75) is 49.5 Å². The largest absolute Gasteiger partial charge is 0.352 e. The Balaban J connectivity index is 1.57. The highest BCUT2D eigenvalue weighted by molar-refractivity contribution is 7.91. The molecule has 0 saturated carbocycles. The van der Waals surface area contributed by atoms with E-state index in [-0.39, 0.29) is 24.1 Å². The van der Waals surface area contributed by atoms with Crippen LogP contribution in [0.4, 0.5) is 0 Å². The number of amides is 1. The molecule has 1 heterocycles. The molecule has 1 unspecified atom stereocenters. The van der Waals surface area contributed by atoms with Crippen molar-refractivity contribution >= 4 is 15.7 Å². The molecule has 2 aliphatic rings. The smallest absolute Gasteiger partial charge is 0.221 e. The molecular formula is C17H24N2O3S. The van der Waals surface area contributed by atoms with Gasteiger partial charge in [0.1, 0.15) is 0 Å². The molecule has 5 nitrogen and oxygen atoms in total. The Labute approximate surface area is 137 Å². The standard InChI is InChI=1S/C17H24N2O3S/c20-17(19-15-5-2-9-18-12-15)8-10-23(21,22)16-7-6-13-3-1-4-14(13)11-16/h6-7,11,15,18H,1-5,8-10,12H2,(H,19,20). The van der Waals surface area contributed by atoms with Crippen molar-refractivity contribution in [2.75, 3.05) is 18.8 Å². The van der Waals surface area contributed by atoms with Gasteiger partial charge in [-0.05, 0) is 61.9 Å². The molecule has 0 bridgehead atoms. The summed E-state index contributed by atoms with van der Waals surface area (Å²) < 4.78 is 24.9. The fourth-order valence-corrected chi connectivity index (χ4v) is 4.65. The number of piperidine rings is 1. The fourth-order valence-electron chi connectivity index (χ4n) is 3.36. The number of hydrogen-bond donors (Lipinski definition) is 2. The molecule has 1 aliphatic heterocycles. The van der Waals surface area contributed by atoms with Crippen LogP contribution >= 0.6 is 0 Å². The number of sulfone groups is 1. The van der Waals surface area contributed by atoms with Gasteiger partial charge in [0.05, 0.1) is 10.6 Å². The third kappa shape index (κ3) is 4.12. The molecule has 1 aliphatic carbocycles. The van der Waals surface area contributed by atoms with Crippen molar-refractivity contribution in [3.8, 4) is 0 Å². The van der Waals surface area contributed by atoms with Crippen molar-refractivity contribution in [3.05, 3.63) is 29.3 Å². The van der Waals surface area contributed by atoms with E-state index < -0.39 is 9.84 Å². The molecule has 2 N–H and O–H groups in total. The van der Waals surface area contributed by atoms with Crippen molar-refractivity contribution in [2.24, 2.45) is 0 Å². The third-order valence-electron chi connectivity index (χ3n) is 4.69. The van der Waals surface area contributed by atoms with Gasteiger partial charge in [0.2, 0.25) is 5.91 Å². The second-order valence-corrected chi connectivity index (χ2v) is 8.57. The van der Waals surface area contributed by atoms with Crippen molar-refractivity contribution in [1.29, 1.82) is 0 Å². The first-order valence-electron chi connectivity index (χ1n) is 8.39. The minimum Gasteiger partial charge on any atom is -0.352 e. The van der Waals surface area contributed by atoms with Crippen LogP contribution in [0.25, 0.3) is 0 Å². The van der Waals surface area contributed by atoms with Crippen LogP contribution in [0.3, 0.4) is 0 Å². The van der Waals surface area contributed by atoms with E-state index in [9.17, 15) is 13.2 Å². The number of carbonyl (C=O) groups is 1. The zero-order valence-corrected chi connectivity index (χ0v) is 14.1. The van der Waals surface area contributed by atoms with E-state index in [2.05, 4.69) is 10.6 Å². The van der Waals surface area contributed by atoms with Gasteiger partial charge in [0.25, 0.3) is 0 Å². The highest BCUT2D eigenvalue weighted by Crippen LogP contribution is 2.25. The van der Waals surface area contributed by atoms with Gasteiger partial charge < -0.3 is 10.6 Å². The van der Waals surface area contributed by atoms with Crippen LogP contribution in [0.2, 0.25) is 0 Å². The summed E-state index contributed by atoms with van der Waals surface area (Å²) in [6.07, 6.45) is 5.10. The number of fused-ring (bicyclic) bond motifs is 1. The van der Waals surface area contributed by atoms with E-state index >= 15 is 0 Å². The van der Waals surface area contributed by atoms with E-state index in [0.717, 1.165) is 50.8 Å². The third-order valence-corrected chi connectivity index (χ3v) is 6.40. The van der Waals surface area contributed by atoms with Gasteiger partial charge in [0.15, 0.2) is 9.84 Å². The molecule has 23 heavy (non-hydrogen) atoms. The minimum absolute atomic E-state index is 0.0237. The first kappa shape index (κ1) is 16.5. The van der Waals surface area contributed by atoms with Crippen LogP contribution in [-0.2, 0) is 27.5 Å². The van der Waals surface area contributed by atoms with Crippen molar-refractivity contribution in [3.63, 3.8) is 0 Å². The lowest BCUT2D eigenvalue weighted by atomic mass is 10.1. The molecule has 0 aromatic heterocycles. The maximum atomic E-state index is 12.4. The van der Waals surface area contributed by atoms with E-state index in [1.807, 2.05) is 6.07 Å². The Morgan fingerprint density at radius 3 is 2.83 bits per heavy atom. The summed E-state index contributed by atoms with van der Waals surface area (Å²) in [6.45, 7) is 1.75. The zero-order valence-electron chi connectivity index (χ0n) is 13.3. The molecule has 0 spiro atoms. The number of carbonyl (C=O) groups excluding carboxylic acids is 1. The Morgan fingerprint density at radius 2 is 2.04 bits per heavy atom. The van der Waals surface area contributed by atoms with Gasteiger partial charge in [-0.25, -0.2) is 8.42 Å². The van der Waals surface area contributed by atoms with Gasteiger partial charge in [-0.15, -0.1) is 0 Å². The summed E-state index contributed by atoms with van der Waals surface area (Å²) in [5.74, 6) is -0.305. The average Bonchev–Trinajstić information content (AvgIpc) is 3.02. The van der Waals surface area contributed by atoms with E-state index in [4.69, 9.17) is 0 Å². The summed E-state index contributed by atoms with van der Waals surface area (Å²) in [6, 6.07) is 5.52. The number of rotatable bonds is 5. The molecule has 1 aromatic carbocycles. The molecule has 1 amide bonds. The summed E-state index contributed by atoms with van der Waals surface area (Å²) >= 11 is 0. The van der Waals surface area contributed by atoms with E-state index in [0.29, 0.717) is 4.90 Å². The van der Waals surface area contributed by atoms with Crippen LogP contribution in [0.1, 0.15) is 36.8 Å². The maximum Gasteiger partial charge on any atom is 0.221 e. The molecule has 3 rings (SSSR count). The predicted molar refractivity (Wildman–Crippen MR) is 89.2 cm³/mol. The number of nitrogens with one attached hydrogen (secondary N) is 2. The van der Waals surface area contributed by atoms with Crippen LogP contribution in [0.15, 0.2) is 23.1 Å². The van der Waals surface area contributed by atoms with E-state index in [1.54, 1.807) is 12.1 Å². The number of hydrogen-bond acceptors (Lipinski definition) is 4. The van der Waals surface area contributed by atoms with Crippen LogP contribution in [0, 0.1) is 0 Å². The molecule has 6 heteroatoms. The SMILES string of the molecule is O=C(CCS(=O)(=O)c1ccc2c(c1)CCC2)NC1CCCNC1. The van der Waals surface area contributed by atoms with Crippen molar-refractivity contribution in [1.82, 2.24) is 10.6 Å². The summed E-state index contributed by atoms with van der Waals surface area (Å²) in [5.41, 5.74) is 2.40. The second kappa shape index (κ2) is 7.01. The van der Waals surface area contributed by atoms with Gasteiger partial charge in [-0.3, -0.25) is 4.79 Å². The summed E-state index contributed by atoms with van der Waals surface area (Å²) in [5, 5.41) is 6.15. The van der Waals surface area contributed by atoms with Crippen molar-refractivity contribution < 1.29 is 13.2 Å². The van der Waals surface area contributed by atoms with Gasteiger partial charge in [-0.1, -0.05) is 6.07 Å². The lowest BCUT2D eigenvalue weighted by Crippen LogP contribution is -2.45. The lowest BCUT2D eigenvalue weighted by Gasteiger charge is -2.23. The van der Waals surface area contributed by atoms with Gasteiger partial charge in [0, 0.05) is 19.0 Å². The predicted octanol–water partition coefficient (Wildman–Crippen LogP) is 1.21. The highest BCUT2D eigenvalue weighted by Gasteiger charge is 2.21. The monoisotopic (exact) mass is 336 g/mol. The topological polar surface area (TPSA) is 75.3 Å². The Kier molecular flexibility index (Phi) is 5.02. The second-order valence-electron chi connectivity index (χ2n) is 6.46. The maximum absolute atomic E-state index is 12.4. The fraction of sp³-hybridized carbons (Fsp3) is 0.588. The lowest BCUT2D eigenvalue weighted by molar-refractivity contribution is -0.121. The minimum atomic E-state index is -3.39. The van der Waals surface area contributed by atoms with Crippen LogP contribution in [0.5, 0.6) is 0 Å². The number of benzene rings is 1. The molecule has 1 aromatic rings. The molecule has 1 atom stereocenters. The molecule has 1 fully saturated rings. The Bertz CT molecular complexity index is 679. The Morgan fingerprint density at radius 1 is 1.22 bits per heavy atom. The summed E-state index contributed by atoms with van der Waals surface area (Å²) in [4.78, 5) is 12.3. The first-order valence-corrected chi connectivity index (χ1v) is 10.0. The van der Waals surface area contributed by atoms with E-state index in [1.165, 1.54) is 5.56 Å². The average molecular weight is 336 g/mol. The molecule has 126 valence electrons. The summed E-state index contributed by atoms with van der Waals surface area (Å²) in [7, 11) is -3.39. The van der Waals surface area contributed by atoms with Gasteiger partial charge >= 0.3 is 0 Å².